The molecule has 0 aliphatic carbocycles. The van der Waals surface area contributed by atoms with E-state index in [0.29, 0.717) is 0 Å². The van der Waals surface area contributed by atoms with Crippen molar-refractivity contribution in [2.24, 2.45) is 5.73 Å². The highest BCUT2D eigenvalue weighted by Crippen LogP contribution is 2.27. The molecule has 5 atom stereocenters. The zero-order valence-electron chi connectivity index (χ0n) is 7.63. The van der Waals surface area contributed by atoms with Crippen molar-refractivity contribution in [3.05, 3.63) is 0 Å². The molecule has 0 aromatic heterocycles. The van der Waals surface area contributed by atoms with E-state index in [9.17, 15) is 15.3 Å². The van der Waals surface area contributed by atoms with Crippen molar-refractivity contribution in [1.82, 2.24) is 5.23 Å². The highest BCUT2D eigenvalue weighted by atomic mass is 16.9. The Morgan fingerprint density at radius 1 is 1.27 bits per heavy atom. The molecule has 8 N–H and O–H groups in total. The number of nitrogens with zero attached hydrogens (tertiary/aromatic N) is 1. The Hall–Kier alpha value is -0.360. The Labute approximate surface area is 84.4 Å². The molecular weight excluding hydrogens is 212 g/mol. The molecule has 0 amide bonds. The Balaban J connectivity index is 2.92. The molecule has 1 heterocycles. The molecule has 1 aliphatic rings. The van der Waals surface area contributed by atoms with Gasteiger partial charge in [0.25, 0.3) is 5.91 Å². The topological polar surface area (TPSA) is 160 Å². The van der Waals surface area contributed by atoms with E-state index in [4.69, 9.17) is 21.3 Å². The summed E-state index contributed by atoms with van der Waals surface area (Å²) < 4.78 is 4.58. The summed E-state index contributed by atoms with van der Waals surface area (Å²) in [5.74, 6) is -2.79. The maximum atomic E-state index is 9.50. The molecule has 15 heavy (non-hydrogen) atoms. The molecule has 9 nitrogen and oxygen atoms in total. The summed E-state index contributed by atoms with van der Waals surface area (Å²) in [5.41, 5.74) is 5.24. The minimum atomic E-state index is -2.79. The van der Waals surface area contributed by atoms with E-state index in [1.54, 1.807) is 0 Å². The highest BCUT2D eigenvalue weighted by Gasteiger charge is 2.55. The number of aliphatic hydroxyl groups excluding tert-OH is 3. The van der Waals surface area contributed by atoms with Gasteiger partial charge in [0, 0.05) is 0 Å². The lowest BCUT2D eigenvalue weighted by Gasteiger charge is -2.46. The molecule has 1 fully saturated rings. The van der Waals surface area contributed by atoms with E-state index >= 15 is 0 Å². The molecule has 1 aliphatic heterocycles. The second kappa shape index (κ2) is 4.25. The van der Waals surface area contributed by atoms with Crippen molar-refractivity contribution in [2.45, 2.75) is 30.3 Å². The van der Waals surface area contributed by atoms with E-state index in [2.05, 4.69) is 4.74 Å². The monoisotopic (exact) mass is 226 g/mol. The van der Waals surface area contributed by atoms with Gasteiger partial charge in [-0.15, -0.1) is 0 Å². The van der Waals surface area contributed by atoms with Gasteiger partial charge in [-0.3, -0.25) is 10.4 Å². The number of hydrogen-bond acceptors (Lipinski definition) is 9. The van der Waals surface area contributed by atoms with Gasteiger partial charge >= 0.3 is 0 Å². The first kappa shape index (κ1) is 12.7. The number of hydrogen-bond donors (Lipinski definition) is 7. The van der Waals surface area contributed by atoms with Gasteiger partial charge in [-0.25, -0.2) is 0 Å². The first-order valence-electron chi connectivity index (χ1n) is 4.15. The summed E-state index contributed by atoms with van der Waals surface area (Å²) in [4.78, 5) is 0. The van der Waals surface area contributed by atoms with Gasteiger partial charge in [-0.05, 0) is 5.23 Å². The summed E-state index contributed by atoms with van der Waals surface area (Å²) in [6, 6.07) is -1.68. The fraction of sp³-hybridized carbons (Fsp3) is 1.00. The summed E-state index contributed by atoms with van der Waals surface area (Å²) >= 11 is 0. The summed E-state index contributed by atoms with van der Waals surface area (Å²) in [6.07, 6.45) is -4.60. The lowest BCUT2D eigenvalue weighted by atomic mass is 9.95. The average molecular weight is 226 g/mol. The first-order valence-corrected chi connectivity index (χ1v) is 4.15. The summed E-state index contributed by atoms with van der Waals surface area (Å²) in [7, 11) is 0. The molecule has 0 radical (unpaired) electrons. The van der Waals surface area contributed by atoms with Crippen molar-refractivity contribution < 1.29 is 35.6 Å². The van der Waals surface area contributed by atoms with Gasteiger partial charge in [0.1, 0.15) is 24.4 Å². The van der Waals surface area contributed by atoms with Crippen LogP contribution in [-0.4, -0.2) is 72.9 Å². The third-order valence-electron chi connectivity index (χ3n) is 2.32. The molecule has 0 aromatic carbocycles. The zero-order chi connectivity index (χ0) is 11.8. The molecule has 0 spiro atoms. The Bertz CT molecular complexity index is 226. The van der Waals surface area contributed by atoms with Crippen molar-refractivity contribution in [3.8, 4) is 0 Å². The van der Waals surface area contributed by atoms with E-state index in [1.807, 2.05) is 0 Å². The van der Waals surface area contributed by atoms with Gasteiger partial charge in [0.15, 0.2) is 0 Å². The summed E-state index contributed by atoms with van der Waals surface area (Å²) in [5, 5.41) is 53.6. The molecule has 0 aromatic rings. The Morgan fingerprint density at radius 3 is 2.20 bits per heavy atom. The molecule has 0 bridgehead atoms. The predicted molar refractivity (Wildman–Crippen MR) is 42.3 cm³/mol. The lowest BCUT2D eigenvalue weighted by molar-refractivity contribution is -0.512. The quantitative estimate of drug-likeness (QED) is 0.185. The van der Waals surface area contributed by atoms with Gasteiger partial charge < -0.3 is 30.9 Å². The van der Waals surface area contributed by atoms with E-state index in [0.717, 1.165) is 0 Å². The van der Waals surface area contributed by atoms with Crippen LogP contribution in [0.15, 0.2) is 0 Å². The molecule has 1 rings (SSSR count). The van der Waals surface area contributed by atoms with Gasteiger partial charge in [0.05, 0.1) is 6.61 Å². The van der Waals surface area contributed by atoms with Crippen molar-refractivity contribution >= 4 is 0 Å². The number of nitrogens with two attached hydrogens (primary N) is 1. The lowest BCUT2D eigenvalue weighted by Crippen LogP contribution is -2.73. The molecular formula is C6H14N2O7. The van der Waals surface area contributed by atoms with Gasteiger partial charge in [-0.1, -0.05) is 0 Å². The van der Waals surface area contributed by atoms with E-state index < -0.39 is 42.1 Å². The third kappa shape index (κ3) is 1.97. The van der Waals surface area contributed by atoms with Crippen LogP contribution in [0.4, 0.5) is 0 Å². The number of ether oxygens (including phenoxy) is 1. The zero-order valence-corrected chi connectivity index (χ0v) is 7.63. The van der Waals surface area contributed by atoms with E-state index in [-0.39, 0.29) is 0 Å². The predicted octanol–water partition coefficient (Wildman–Crippen LogP) is -3.85. The fourth-order valence-electron chi connectivity index (χ4n) is 1.35. The van der Waals surface area contributed by atoms with Crippen LogP contribution in [0.25, 0.3) is 0 Å². The van der Waals surface area contributed by atoms with Crippen LogP contribution in [0.2, 0.25) is 0 Å². The third-order valence-corrected chi connectivity index (χ3v) is 2.32. The first-order chi connectivity index (χ1) is 6.84. The fourth-order valence-corrected chi connectivity index (χ4v) is 1.35. The van der Waals surface area contributed by atoms with Crippen molar-refractivity contribution in [1.29, 1.82) is 0 Å². The van der Waals surface area contributed by atoms with E-state index in [1.165, 1.54) is 0 Å². The maximum absolute atomic E-state index is 9.50. The molecule has 1 saturated heterocycles. The second-order valence-electron chi connectivity index (χ2n) is 3.29. The minimum absolute atomic E-state index is 0.727. The number of hydroxylamine groups is 2. The number of aliphatic hydroxyl groups is 4. The van der Waals surface area contributed by atoms with Crippen LogP contribution >= 0.6 is 0 Å². The van der Waals surface area contributed by atoms with Crippen LogP contribution in [0.5, 0.6) is 0 Å². The Kier molecular flexibility index (Phi) is 3.60. The Morgan fingerprint density at radius 2 is 1.80 bits per heavy atom. The average Bonchev–Trinajstić information content (AvgIpc) is 2.20. The van der Waals surface area contributed by atoms with Crippen LogP contribution in [0.1, 0.15) is 0 Å². The molecule has 0 saturated carbocycles. The van der Waals surface area contributed by atoms with Crippen LogP contribution < -0.4 is 5.73 Å². The maximum Gasteiger partial charge on any atom is 0.293 e. The minimum Gasteiger partial charge on any atom is -0.394 e. The highest BCUT2D eigenvalue weighted by molar-refractivity contribution is 4.95. The van der Waals surface area contributed by atoms with Gasteiger partial charge in [0.2, 0.25) is 0 Å². The van der Waals surface area contributed by atoms with Crippen LogP contribution in [0, 0.1) is 0 Å². The molecule has 9 heteroatoms. The van der Waals surface area contributed by atoms with Crippen LogP contribution in [0.3, 0.4) is 0 Å². The second-order valence-corrected chi connectivity index (χ2v) is 3.29. The normalized spacial score (nSPS) is 47.2. The standard InChI is InChI=1S/C6H14N2O7/c7-5-4(11)3(10)2(1-9)15-6(5,12)8(13)14/h2-5,9-14H,1,7H2/t2-,3-,4+,5-,6-/m1/s1. The van der Waals surface area contributed by atoms with Gasteiger partial charge in [-0.2, -0.15) is 0 Å². The van der Waals surface area contributed by atoms with Crippen molar-refractivity contribution in [2.75, 3.05) is 6.61 Å². The molecule has 0 unspecified atom stereocenters. The SMILES string of the molecule is N[C@@H]1[C@@H](O)[C@H](O)[C@@H](CO)O[C@@]1(O)N(O)O. The number of rotatable bonds is 2. The molecule has 90 valence electrons. The smallest absolute Gasteiger partial charge is 0.293 e. The van der Waals surface area contributed by atoms with Crippen LogP contribution in [-0.2, 0) is 4.74 Å². The largest absolute Gasteiger partial charge is 0.394 e. The van der Waals surface area contributed by atoms with Crippen molar-refractivity contribution in [3.63, 3.8) is 0 Å². The summed E-state index contributed by atoms with van der Waals surface area (Å²) in [6.45, 7) is -0.735.